The summed E-state index contributed by atoms with van der Waals surface area (Å²) in [6.07, 6.45) is -0.00229. The molecule has 0 spiro atoms. The van der Waals surface area contributed by atoms with Crippen molar-refractivity contribution < 1.29 is 9.90 Å². The standard InChI is InChI=1S/C10H17N3O2S/c1-7-8(6-9(14)15)12-10(16-7)11-4-5-13(2)3/h4-6H2,1-3H3,(H,11,12)(H,14,15). The molecule has 16 heavy (non-hydrogen) atoms. The summed E-state index contributed by atoms with van der Waals surface area (Å²) in [5, 5.41) is 12.7. The molecule has 0 aliphatic rings. The molecule has 0 bridgehead atoms. The maximum absolute atomic E-state index is 10.6. The van der Waals surface area contributed by atoms with Gasteiger partial charge in [-0.25, -0.2) is 4.98 Å². The number of aromatic nitrogens is 1. The highest BCUT2D eigenvalue weighted by Gasteiger charge is 2.10. The predicted molar refractivity (Wildman–Crippen MR) is 65.2 cm³/mol. The number of aryl methyl sites for hydroxylation is 1. The lowest BCUT2D eigenvalue weighted by atomic mass is 10.3. The summed E-state index contributed by atoms with van der Waals surface area (Å²) in [5.41, 5.74) is 0.657. The first-order chi connectivity index (χ1) is 7.49. The minimum Gasteiger partial charge on any atom is -0.481 e. The number of carboxylic acids is 1. The number of thiazole rings is 1. The number of hydrogen-bond acceptors (Lipinski definition) is 5. The van der Waals surface area contributed by atoms with E-state index in [9.17, 15) is 4.79 Å². The lowest BCUT2D eigenvalue weighted by Gasteiger charge is -2.08. The topological polar surface area (TPSA) is 65.5 Å². The van der Waals surface area contributed by atoms with Gasteiger partial charge in [0, 0.05) is 18.0 Å². The molecule has 1 heterocycles. The van der Waals surface area contributed by atoms with E-state index in [4.69, 9.17) is 5.11 Å². The van der Waals surface area contributed by atoms with Crippen molar-refractivity contribution in [3.63, 3.8) is 0 Å². The number of rotatable bonds is 6. The van der Waals surface area contributed by atoms with Crippen LogP contribution in [0, 0.1) is 6.92 Å². The van der Waals surface area contributed by atoms with Crippen molar-refractivity contribution in [3.05, 3.63) is 10.6 Å². The van der Waals surface area contributed by atoms with E-state index in [1.807, 2.05) is 21.0 Å². The van der Waals surface area contributed by atoms with E-state index in [2.05, 4.69) is 15.2 Å². The summed E-state index contributed by atoms with van der Waals surface area (Å²) >= 11 is 1.50. The maximum Gasteiger partial charge on any atom is 0.309 e. The van der Waals surface area contributed by atoms with Gasteiger partial charge in [0.1, 0.15) is 0 Å². The first-order valence-corrected chi connectivity index (χ1v) is 5.87. The summed E-state index contributed by atoms with van der Waals surface area (Å²) in [7, 11) is 4.01. The van der Waals surface area contributed by atoms with Gasteiger partial charge in [-0.3, -0.25) is 4.79 Å². The van der Waals surface area contributed by atoms with Crippen molar-refractivity contribution in [3.8, 4) is 0 Å². The molecule has 0 fully saturated rings. The summed E-state index contributed by atoms with van der Waals surface area (Å²) in [4.78, 5) is 17.9. The molecule has 6 heteroatoms. The average molecular weight is 243 g/mol. The Morgan fingerprint density at radius 3 is 2.81 bits per heavy atom. The normalized spacial score (nSPS) is 10.8. The second-order valence-corrected chi connectivity index (χ2v) is 5.03. The van der Waals surface area contributed by atoms with E-state index in [0.717, 1.165) is 23.1 Å². The second-order valence-electron chi connectivity index (χ2n) is 3.82. The third-order valence-corrected chi connectivity index (χ3v) is 3.02. The quantitative estimate of drug-likeness (QED) is 0.782. The Kier molecular flexibility index (Phi) is 4.70. The predicted octanol–water partition coefficient (Wildman–Crippen LogP) is 1.05. The highest BCUT2D eigenvalue weighted by molar-refractivity contribution is 7.15. The van der Waals surface area contributed by atoms with Crippen molar-refractivity contribution in [2.45, 2.75) is 13.3 Å². The Hall–Kier alpha value is -1.14. The average Bonchev–Trinajstić information content (AvgIpc) is 2.45. The number of likely N-dealkylation sites (N-methyl/N-ethyl adjacent to an activating group) is 1. The molecular weight excluding hydrogens is 226 g/mol. The van der Waals surface area contributed by atoms with E-state index in [0.29, 0.717) is 5.69 Å². The van der Waals surface area contributed by atoms with Crippen molar-refractivity contribution in [2.24, 2.45) is 0 Å². The number of anilines is 1. The number of carbonyl (C=O) groups is 1. The zero-order chi connectivity index (χ0) is 12.1. The minimum absolute atomic E-state index is 0.00229. The molecule has 0 aliphatic carbocycles. The molecule has 90 valence electrons. The Balaban J connectivity index is 2.52. The lowest BCUT2D eigenvalue weighted by molar-refractivity contribution is -0.136. The highest BCUT2D eigenvalue weighted by atomic mass is 32.1. The van der Waals surface area contributed by atoms with Gasteiger partial charge in [0.2, 0.25) is 0 Å². The zero-order valence-electron chi connectivity index (χ0n) is 9.78. The van der Waals surface area contributed by atoms with Crippen LogP contribution in [0.2, 0.25) is 0 Å². The van der Waals surface area contributed by atoms with Crippen molar-refractivity contribution >= 4 is 22.4 Å². The van der Waals surface area contributed by atoms with Crippen LogP contribution < -0.4 is 5.32 Å². The minimum atomic E-state index is -0.840. The fourth-order valence-electron chi connectivity index (χ4n) is 1.20. The molecule has 0 saturated heterocycles. The molecule has 0 unspecified atom stereocenters. The molecule has 0 aliphatic heterocycles. The lowest BCUT2D eigenvalue weighted by Crippen LogP contribution is -2.20. The van der Waals surface area contributed by atoms with Gasteiger partial charge in [-0.05, 0) is 21.0 Å². The number of aliphatic carboxylic acids is 1. The van der Waals surface area contributed by atoms with Crippen LogP contribution in [-0.4, -0.2) is 48.1 Å². The van der Waals surface area contributed by atoms with Crippen LogP contribution in [0.15, 0.2) is 0 Å². The smallest absolute Gasteiger partial charge is 0.309 e. The number of hydrogen-bond donors (Lipinski definition) is 2. The van der Waals surface area contributed by atoms with E-state index in [1.54, 1.807) is 0 Å². The van der Waals surface area contributed by atoms with Gasteiger partial charge in [-0.1, -0.05) is 0 Å². The Bertz CT molecular complexity index is 363. The Labute approximate surface area is 99.1 Å². The molecule has 1 rings (SSSR count). The fraction of sp³-hybridized carbons (Fsp3) is 0.600. The Morgan fingerprint density at radius 2 is 2.25 bits per heavy atom. The molecule has 0 atom stereocenters. The van der Waals surface area contributed by atoms with Gasteiger partial charge in [0.05, 0.1) is 12.1 Å². The van der Waals surface area contributed by atoms with Crippen molar-refractivity contribution in [2.75, 3.05) is 32.5 Å². The van der Waals surface area contributed by atoms with Crippen LogP contribution in [0.5, 0.6) is 0 Å². The van der Waals surface area contributed by atoms with Gasteiger partial charge in [-0.15, -0.1) is 11.3 Å². The van der Waals surface area contributed by atoms with Crippen LogP contribution in [0.3, 0.4) is 0 Å². The van der Waals surface area contributed by atoms with E-state index >= 15 is 0 Å². The molecule has 0 amide bonds. The monoisotopic (exact) mass is 243 g/mol. The van der Waals surface area contributed by atoms with Crippen LogP contribution in [0.25, 0.3) is 0 Å². The SMILES string of the molecule is Cc1sc(NCCN(C)C)nc1CC(=O)O. The first kappa shape index (κ1) is 12.9. The van der Waals surface area contributed by atoms with Gasteiger partial charge >= 0.3 is 5.97 Å². The zero-order valence-corrected chi connectivity index (χ0v) is 10.6. The summed E-state index contributed by atoms with van der Waals surface area (Å²) in [5.74, 6) is -0.840. The third kappa shape index (κ3) is 4.16. The molecule has 0 radical (unpaired) electrons. The van der Waals surface area contributed by atoms with Gasteiger partial charge in [-0.2, -0.15) is 0 Å². The largest absolute Gasteiger partial charge is 0.481 e. The Morgan fingerprint density at radius 1 is 1.56 bits per heavy atom. The van der Waals surface area contributed by atoms with Crippen molar-refractivity contribution in [1.29, 1.82) is 0 Å². The van der Waals surface area contributed by atoms with Gasteiger partial charge < -0.3 is 15.3 Å². The third-order valence-electron chi connectivity index (χ3n) is 2.05. The number of nitrogens with one attached hydrogen (secondary N) is 1. The van der Waals surface area contributed by atoms with E-state index in [-0.39, 0.29) is 6.42 Å². The van der Waals surface area contributed by atoms with E-state index in [1.165, 1.54) is 11.3 Å². The van der Waals surface area contributed by atoms with Crippen molar-refractivity contribution in [1.82, 2.24) is 9.88 Å². The van der Waals surface area contributed by atoms with Crippen LogP contribution in [0.1, 0.15) is 10.6 Å². The molecule has 5 nitrogen and oxygen atoms in total. The second kappa shape index (κ2) is 5.81. The van der Waals surface area contributed by atoms with E-state index < -0.39 is 5.97 Å². The van der Waals surface area contributed by atoms with Gasteiger partial charge in [0.15, 0.2) is 5.13 Å². The first-order valence-electron chi connectivity index (χ1n) is 5.05. The van der Waals surface area contributed by atoms with Crippen LogP contribution in [-0.2, 0) is 11.2 Å². The summed E-state index contributed by atoms with van der Waals surface area (Å²) in [6.45, 7) is 3.63. The highest BCUT2D eigenvalue weighted by Crippen LogP contribution is 2.22. The maximum atomic E-state index is 10.6. The molecule has 1 aromatic rings. The summed E-state index contributed by atoms with van der Waals surface area (Å²) in [6, 6.07) is 0. The molecule has 1 aromatic heterocycles. The number of carboxylic acid groups (broad SMARTS) is 1. The van der Waals surface area contributed by atoms with Crippen LogP contribution in [0.4, 0.5) is 5.13 Å². The summed E-state index contributed by atoms with van der Waals surface area (Å²) < 4.78 is 0. The molecule has 2 N–H and O–H groups in total. The molecular formula is C10H17N3O2S. The van der Waals surface area contributed by atoms with Gasteiger partial charge in [0.25, 0.3) is 0 Å². The van der Waals surface area contributed by atoms with Crippen LogP contribution >= 0.6 is 11.3 Å². The molecule has 0 saturated carbocycles. The number of nitrogens with zero attached hydrogens (tertiary/aromatic N) is 2. The fourth-order valence-corrected chi connectivity index (χ4v) is 2.05. The molecule has 0 aromatic carbocycles.